The molecule has 0 aliphatic carbocycles. The molecule has 10 heteroatoms. The number of phosphoric acid groups is 1. The minimum atomic E-state index is -4.41. The van der Waals surface area contributed by atoms with Crippen molar-refractivity contribution >= 4 is 19.8 Å². The van der Waals surface area contributed by atoms with Crippen molar-refractivity contribution in [1.29, 1.82) is 0 Å². The molecular formula is C46H83NO8P+. The van der Waals surface area contributed by atoms with Gasteiger partial charge < -0.3 is 18.9 Å². The van der Waals surface area contributed by atoms with Crippen LogP contribution in [0.2, 0.25) is 0 Å². The molecule has 0 heterocycles. The highest BCUT2D eigenvalue weighted by Crippen LogP contribution is 2.43. The lowest BCUT2D eigenvalue weighted by atomic mass is 10.1. The molecule has 0 bridgehead atoms. The van der Waals surface area contributed by atoms with Gasteiger partial charge in [0.15, 0.2) is 6.10 Å². The standard InChI is InChI=1S/C46H82NO8P/c1-6-8-10-12-14-16-18-20-22-23-25-26-28-30-32-34-36-38-45(48)52-42-44(43-54-56(50,51)53-41-40-47(3,4)5)55-46(49)39-37-35-33-31-29-27-24-21-19-17-15-13-11-9-7-2/h20,22,25-26,30,32-33,35,37,39,44H,6-19,21,23-24,27-29,31,34,36,38,40-43H2,1-5H3/p+1/b22-20+,26-25+,32-30+,35-33+,39-37+/t44-/m1/s1. The largest absolute Gasteiger partial charge is 0.472 e. The molecule has 0 rings (SSSR count). The van der Waals surface area contributed by atoms with Crippen molar-refractivity contribution in [1.82, 2.24) is 0 Å². The Balaban J connectivity index is 4.55. The van der Waals surface area contributed by atoms with E-state index in [1.807, 2.05) is 33.3 Å². The molecule has 0 aromatic rings. The van der Waals surface area contributed by atoms with Gasteiger partial charge in [-0.1, -0.05) is 165 Å². The van der Waals surface area contributed by atoms with Crippen LogP contribution in [0.4, 0.5) is 0 Å². The van der Waals surface area contributed by atoms with Crippen molar-refractivity contribution in [3.63, 3.8) is 0 Å². The van der Waals surface area contributed by atoms with E-state index in [9.17, 15) is 19.0 Å². The maximum absolute atomic E-state index is 12.6. The number of hydrogen-bond acceptors (Lipinski definition) is 7. The van der Waals surface area contributed by atoms with Crippen LogP contribution < -0.4 is 0 Å². The number of carbonyl (C=O) groups is 2. The number of quaternary nitrogens is 1. The second-order valence-electron chi connectivity index (χ2n) is 15.8. The molecule has 2 atom stereocenters. The van der Waals surface area contributed by atoms with Gasteiger partial charge in [0.2, 0.25) is 0 Å². The monoisotopic (exact) mass is 809 g/mol. The SMILES string of the molecule is CCCCCCCC/C=C/C/C=C/C/C=C/CCCC(=O)OC[C@H](COP(=O)(O)OCC[N+](C)(C)C)OC(=O)/C=C/C=C/CCCCCCCCCCCCC. The molecule has 0 aromatic carbocycles. The number of unbranched alkanes of at least 4 members (excludes halogenated alkanes) is 18. The molecule has 56 heavy (non-hydrogen) atoms. The number of rotatable bonds is 39. The highest BCUT2D eigenvalue weighted by Gasteiger charge is 2.26. The summed E-state index contributed by atoms with van der Waals surface area (Å²) in [6, 6.07) is 0. The van der Waals surface area contributed by atoms with Gasteiger partial charge in [0, 0.05) is 12.5 Å². The van der Waals surface area contributed by atoms with Crippen LogP contribution in [-0.4, -0.2) is 74.9 Å². The summed E-state index contributed by atoms with van der Waals surface area (Å²) in [5.74, 6) is -1.12. The Kier molecular flexibility index (Phi) is 36.7. The van der Waals surface area contributed by atoms with Crippen molar-refractivity contribution in [2.24, 2.45) is 0 Å². The zero-order valence-electron chi connectivity index (χ0n) is 36.3. The van der Waals surface area contributed by atoms with Gasteiger partial charge in [-0.25, -0.2) is 9.36 Å². The molecule has 0 radical (unpaired) electrons. The fourth-order valence-corrected chi connectivity index (χ4v) is 6.38. The lowest BCUT2D eigenvalue weighted by Gasteiger charge is -2.24. The summed E-state index contributed by atoms with van der Waals surface area (Å²) in [6.07, 6.45) is 46.3. The smallest absolute Gasteiger partial charge is 0.462 e. The normalized spacial score (nSPS) is 14.2. The maximum atomic E-state index is 12.6. The van der Waals surface area contributed by atoms with Gasteiger partial charge in [-0.2, -0.15) is 0 Å². The number of allylic oxidation sites excluding steroid dienone is 9. The fourth-order valence-electron chi connectivity index (χ4n) is 5.64. The molecule has 0 spiro atoms. The number of hydrogen-bond donors (Lipinski definition) is 1. The van der Waals surface area contributed by atoms with Gasteiger partial charge in [0.25, 0.3) is 0 Å². The molecule has 0 aromatic heterocycles. The van der Waals surface area contributed by atoms with Crippen molar-refractivity contribution in [3.05, 3.63) is 60.8 Å². The topological polar surface area (TPSA) is 108 Å². The number of ether oxygens (including phenoxy) is 2. The van der Waals surface area contributed by atoms with E-state index < -0.39 is 32.5 Å². The Bertz CT molecular complexity index is 1140. The maximum Gasteiger partial charge on any atom is 0.472 e. The van der Waals surface area contributed by atoms with Crippen LogP contribution in [0.1, 0.15) is 168 Å². The summed E-state index contributed by atoms with van der Waals surface area (Å²) >= 11 is 0. The van der Waals surface area contributed by atoms with Gasteiger partial charge >= 0.3 is 19.8 Å². The Morgan fingerprint density at radius 3 is 1.62 bits per heavy atom. The van der Waals surface area contributed by atoms with Gasteiger partial charge in [0.05, 0.1) is 27.7 Å². The van der Waals surface area contributed by atoms with E-state index in [0.29, 0.717) is 17.4 Å². The Hall–Kier alpha value is -2.29. The van der Waals surface area contributed by atoms with Gasteiger partial charge in [-0.3, -0.25) is 13.8 Å². The zero-order valence-corrected chi connectivity index (χ0v) is 37.2. The van der Waals surface area contributed by atoms with Crippen molar-refractivity contribution in [2.75, 3.05) is 47.5 Å². The molecule has 0 saturated heterocycles. The summed E-state index contributed by atoms with van der Waals surface area (Å²) in [5.41, 5.74) is 0. The van der Waals surface area contributed by atoms with Crippen molar-refractivity contribution in [3.8, 4) is 0 Å². The van der Waals surface area contributed by atoms with E-state index in [2.05, 4.69) is 50.3 Å². The van der Waals surface area contributed by atoms with E-state index in [4.69, 9.17) is 18.5 Å². The third kappa shape index (κ3) is 41.3. The van der Waals surface area contributed by atoms with Gasteiger partial charge in [0.1, 0.15) is 19.8 Å². The molecule has 0 aliphatic rings. The number of likely N-dealkylation sites (N-methyl/N-ethyl adjacent to an activating group) is 1. The quantitative estimate of drug-likeness (QED) is 0.0124. The third-order valence-electron chi connectivity index (χ3n) is 9.13. The molecule has 0 aliphatic heterocycles. The van der Waals surface area contributed by atoms with Crippen LogP contribution in [0.5, 0.6) is 0 Å². The molecule has 0 saturated carbocycles. The van der Waals surface area contributed by atoms with E-state index in [1.54, 1.807) is 6.08 Å². The molecule has 0 fully saturated rings. The van der Waals surface area contributed by atoms with E-state index in [-0.39, 0.29) is 19.6 Å². The van der Waals surface area contributed by atoms with E-state index in [1.165, 1.54) is 109 Å². The second-order valence-corrected chi connectivity index (χ2v) is 17.3. The van der Waals surface area contributed by atoms with Crippen molar-refractivity contribution < 1.29 is 42.1 Å². The third-order valence-corrected chi connectivity index (χ3v) is 10.1. The molecule has 1 N–H and O–H groups in total. The molecule has 1 unspecified atom stereocenters. The van der Waals surface area contributed by atoms with E-state index >= 15 is 0 Å². The number of nitrogens with zero attached hydrogens (tertiary/aromatic N) is 1. The summed E-state index contributed by atoms with van der Waals surface area (Å²) in [4.78, 5) is 35.2. The summed E-state index contributed by atoms with van der Waals surface area (Å²) < 4.78 is 34.0. The number of esters is 2. The summed E-state index contributed by atoms with van der Waals surface area (Å²) in [5, 5.41) is 0. The first-order chi connectivity index (χ1) is 27.0. The minimum Gasteiger partial charge on any atom is -0.462 e. The molecular weight excluding hydrogens is 725 g/mol. The Morgan fingerprint density at radius 1 is 0.607 bits per heavy atom. The van der Waals surface area contributed by atoms with Crippen molar-refractivity contribution in [2.45, 2.75) is 174 Å². The summed E-state index contributed by atoms with van der Waals surface area (Å²) in [7, 11) is 1.39. The lowest BCUT2D eigenvalue weighted by Crippen LogP contribution is -2.37. The van der Waals surface area contributed by atoms with Crippen LogP contribution in [0.25, 0.3) is 0 Å². The van der Waals surface area contributed by atoms with Gasteiger partial charge in [-0.05, 0) is 51.4 Å². The highest BCUT2D eigenvalue weighted by molar-refractivity contribution is 7.47. The summed E-state index contributed by atoms with van der Waals surface area (Å²) in [6.45, 7) is 4.22. The van der Waals surface area contributed by atoms with Crippen LogP contribution >= 0.6 is 7.82 Å². The minimum absolute atomic E-state index is 0.00637. The number of phosphoric ester groups is 1. The van der Waals surface area contributed by atoms with Crippen LogP contribution in [-0.2, 0) is 32.7 Å². The lowest BCUT2D eigenvalue weighted by molar-refractivity contribution is -0.870. The Morgan fingerprint density at radius 2 is 1.09 bits per heavy atom. The van der Waals surface area contributed by atoms with Gasteiger partial charge in [-0.15, -0.1) is 0 Å². The van der Waals surface area contributed by atoms with Crippen LogP contribution in [0.3, 0.4) is 0 Å². The zero-order chi connectivity index (χ0) is 41.4. The predicted molar refractivity (Wildman–Crippen MR) is 233 cm³/mol. The second kappa shape index (κ2) is 38.2. The first kappa shape index (κ1) is 53.7. The average Bonchev–Trinajstić information content (AvgIpc) is 3.15. The average molecular weight is 809 g/mol. The highest BCUT2D eigenvalue weighted by atomic mass is 31.2. The Labute approximate surface area is 343 Å². The first-order valence-corrected chi connectivity index (χ1v) is 23.5. The molecule has 9 nitrogen and oxygen atoms in total. The van der Waals surface area contributed by atoms with E-state index in [0.717, 1.165) is 38.5 Å². The molecule has 0 amide bonds. The van der Waals surface area contributed by atoms with Crippen LogP contribution in [0.15, 0.2) is 60.8 Å². The number of carbonyl (C=O) groups excluding carboxylic acids is 2. The van der Waals surface area contributed by atoms with Crippen LogP contribution in [0, 0.1) is 0 Å². The first-order valence-electron chi connectivity index (χ1n) is 22.1. The predicted octanol–water partition coefficient (Wildman–Crippen LogP) is 12.5. The molecule has 324 valence electrons. The fraction of sp³-hybridized carbons (Fsp3) is 0.739.